The highest BCUT2D eigenvalue weighted by atomic mass is 32.2. The van der Waals surface area contributed by atoms with Crippen LogP contribution in [-0.2, 0) is 16.6 Å². The van der Waals surface area contributed by atoms with E-state index < -0.39 is 15.9 Å². The third kappa shape index (κ3) is 5.75. The number of sulfonamides is 1. The molecule has 0 radical (unpaired) electrons. The van der Waals surface area contributed by atoms with Crippen LogP contribution in [0.5, 0.6) is 5.75 Å². The third-order valence-electron chi connectivity index (χ3n) is 4.70. The van der Waals surface area contributed by atoms with Gasteiger partial charge in [-0.15, -0.1) is 0 Å². The number of nitrogens with one attached hydrogen (secondary N) is 2. The smallest absolute Gasteiger partial charge is 0.261 e. The number of hydrogen-bond donors (Lipinski definition) is 2. The summed E-state index contributed by atoms with van der Waals surface area (Å²) < 4.78 is 33.7. The lowest BCUT2D eigenvalue weighted by Gasteiger charge is -2.14. The number of ether oxygens (including phenoxy) is 1. The van der Waals surface area contributed by atoms with E-state index in [0.29, 0.717) is 23.6 Å². The van der Waals surface area contributed by atoms with Crippen LogP contribution in [0, 0.1) is 0 Å². The number of nitrogens with zero attached hydrogens (tertiary/aromatic N) is 1. The quantitative estimate of drug-likeness (QED) is 0.398. The number of carbonyl (C=O) groups excluding carboxylic acids is 1. The molecule has 8 heteroatoms. The predicted octanol–water partition coefficient (Wildman–Crippen LogP) is 4.71. The molecule has 4 rings (SSSR count). The molecule has 0 aliphatic carbocycles. The number of pyridine rings is 1. The van der Waals surface area contributed by atoms with E-state index in [1.807, 2.05) is 12.1 Å². The number of carbonyl (C=O) groups is 1. The van der Waals surface area contributed by atoms with Crippen molar-refractivity contribution in [3.63, 3.8) is 0 Å². The van der Waals surface area contributed by atoms with Gasteiger partial charge in [0.05, 0.1) is 16.3 Å². The summed E-state index contributed by atoms with van der Waals surface area (Å²) in [5.41, 5.74) is 1.88. The number of benzene rings is 3. The Kier molecular flexibility index (Phi) is 6.66. The highest BCUT2D eigenvalue weighted by molar-refractivity contribution is 7.92. The SMILES string of the molecule is O=C(Nc1ccccc1NS(=O)(=O)c1ccccc1)c1cccc(OCc2cccnc2)c1. The first-order valence-electron chi connectivity index (χ1n) is 10.1. The zero-order chi connectivity index (χ0) is 23.1. The number of para-hydroxylation sites is 2. The number of anilines is 2. The molecule has 166 valence electrons. The number of hydrogen-bond acceptors (Lipinski definition) is 5. The lowest BCUT2D eigenvalue weighted by molar-refractivity contribution is 0.102. The van der Waals surface area contributed by atoms with Crippen molar-refractivity contribution in [3.8, 4) is 5.75 Å². The lowest BCUT2D eigenvalue weighted by atomic mass is 10.2. The average Bonchev–Trinajstić information content (AvgIpc) is 2.85. The Morgan fingerprint density at radius 1 is 0.848 bits per heavy atom. The maximum absolute atomic E-state index is 12.9. The van der Waals surface area contributed by atoms with Crippen LogP contribution in [0.1, 0.15) is 15.9 Å². The second-order valence-electron chi connectivity index (χ2n) is 7.10. The van der Waals surface area contributed by atoms with E-state index in [-0.39, 0.29) is 10.6 Å². The summed E-state index contributed by atoms with van der Waals surface area (Å²) in [6, 6.07) is 25.1. The third-order valence-corrected chi connectivity index (χ3v) is 6.08. The van der Waals surface area contributed by atoms with E-state index in [1.54, 1.807) is 79.1 Å². The molecule has 2 N–H and O–H groups in total. The Morgan fingerprint density at radius 3 is 2.36 bits per heavy atom. The summed E-state index contributed by atoms with van der Waals surface area (Å²) in [5, 5.41) is 2.77. The molecule has 7 nitrogen and oxygen atoms in total. The molecule has 1 aromatic heterocycles. The van der Waals surface area contributed by atoms with Crippen molar-refractivity contribution in [2.45, 2.75) is 11.5 Å². The summed E-state index contributed by atoms with van der Waals surface area (Å²) in [7, 11) is -3.80. The van der Waals surface area contributed by atoms with Crippen LogP contribution in [0.25, 0.3) is 0 Å². The van der Waals surface area contributed by atoms with Crippen molar-refractivity contribution in [1.29, 1.82) is 0 Å². The zero-order valence-corrected chi connectivity index (χ0v) is 18.3. The predicted molar refractivity (Wildman–Crippen MR) is 127 cm³/mol. The maximum Gasteiger partial charge on any atom is 0.261 e. The lowest BCUT2D eigenvalue weighted by Crippen LogP contribution is -2.17. The first-order chi connectivity index (χ1) is 16.0. The summed E-state index contributed by atoms with van der Waals surface area (Å²) >= 11 is 0. The van der Waals surface area contributed by atoms with E-state index >= 15 is 0 Å². The highest BCUT2D eigenvalue weighted by Gasteiger charge is 2.17. The molecule has 1 amide bonds. The molecule has 0 bridgehead atoms. The second-order valence-corrected chi connectivity index (χ2v) is 8.78. The Hall–Kier alpha value is -4.17. The largest absolute Gasteiger partial charge is 0.489 e. The van der Waals surface area contributed by atoms with Crippen molar-refractivity contribution in [2.24, 2.45) is 0 Å². The molecule has 0 unspecified atom stereocenters. The van der Waals surface area contributed by atoms with E-state index in [1.165, 1.54) is 12.1 Å². The van der Waals surface area contributed by atoms with Crippen LogP contribution in [-0.4, -0.2) is 19.3 Å². The number of rotatable bonds is 8. The fraction of sp³-hybridized carbons (Fsp3) is 0.0400. The second kappa shape index (κ2) is 9.97. The topological polar surface area (TPSA) is 97.4 Å². The van der Waals surface area contributed by atoms with Gasteiger partial charge in [0.1, 0.15) is 12.4 Å². The molecule has 0 aliphatic heterocycles. The molecule has 33 heavy (non-hydrogen) atoms. The molecule has 0 fully saturated rings. The van der Waals surface area contributed by atoms with Crippen molar-refractivity contribution in [1.82, 2.24) is 4.98 Å². The van der Waals surface area contributed by atoms with Crippen LogP contribution in [0.2, 0.25) is 0 Å². The van der Waals surface area contributed by atoms with Gasteiger partial charge in [-0.25, -0.2) is 8.42 Å². The molecule has 0 spiro atoms. The van der Waals surface area contributed by atoms with Gasteiger partial charge in [0.2, 0.25) is 0 Å². The summed E-state index contributed by atoms with van der Waals surface area (Å²) in [6.07, 6.45) is 3.40. The molecule has 0 atom stereocenters. The van der Waals surface area contributed by atoms with Crippen molar-refractivity contribution >= 4 is 27.3 Å². The van der Waals surface area contributed by atoms with Gasteiger partial charge in [-0.2, -0.15) is 0 Å². The highest BCUT2D eigenvalue weighted by Crippen LogP contribution is 2.25. The van der Waals surface area contributed by atoms with Crippen molar-refractivity contribution in [3.05, 3.63) is 115 Å². The number of aromatic nitrogens is 1. The van der Waals surface area contributed by atoms with Crippen LogP contribution >= 0.6 is 0 Å². The minimum atomic E-state index is -3.80. The van der Waals surface area contributed by atoms with Crippen LogP contribution in [0.4, 0.5) is 11.4 Å². The van der Waals surface area contributed by atoms with Gasteiger partial charge in [0.25, 0.3) is 15.9 Å². The summed E-state index contributed by atoms with van der Waals surface area (Å²) in [5.74, 6) is 0.137. The Morgan fingerprint density at radius 2 is 1.61 bits per heavy atom. The van der Waals surface area contributed by atoms with Crippen molar-refractivity contribution < 1.29 is 17.9 Å². The maximum atomic E-state index is 12.9. The Bertz CT molecular complexity index is 1340. The normalized spacial score (nSPS) is 10.9. The van der Waals surface area contributed by atoms with E-state index in [2.05, 4.69) is 15.0 Å². The van der Waals surface area contributed by atoms with Crippen LogP contribution in [0.15, 0.2) is 108 Å². The van der Waals surface area contributed by atoms with Gasteiger partial charge >= 0.3 is 0 Å². The van der Waals surface area contributed by atoms with Crippen molar-refractivity contribution in [2.75, 3.05) is 10.0 Å². The monoisotopic (exact) mass is 459 g/mol. The number of amides is 1. The summed E-state index contributed by atoms with van der Waals surface area (Å²) in [6.45, 7) is 0.322. The Labute approximate surface area is 192 Å². The van der Waals surface area contributed by atoms with E-state index in [0.717, 1.165) is 5.56 Å². The molecule has 0 aliphatic rings. The fourth-order valence-corrected chi connectivity index (χ4v) is 4.16. The van der Waals surface area contributed by atoms with Gasteiger partial charge in [0.15, 0.2) is 0 Å². The minimum absolute atomic E-state index is 0.129. The molecule has 4 aromatic rings. The average molecular weight is 460 g/mol. The van der Waals surface area contributed by atoms with Gasteiger partial charge in [-0.3, -0.25) is 14.5 Å². The first kappa shape index (κ1) is 22.0. The molecule has 1 heterocycles. The molecule has 3 aromatic carbocycles. The van der Waals surface area contributed by atoms with E-state index in [9.17, 15) is 13.2 Å². The van der Waals surface area contributed by atoms with Gasteiger partial charge in [-0.05, 0) is 48.5 Å². The molecule has 0 saturated carbocycles. The zero-order valence-electron chi connectivity index (χ0n) is 17.5. The van der Waals surface area contributed by atoms with Gasteiger partial charge < -0.3 is 10.1 Å². The molecule has 0 saturated heterocycles. The van der Waals surface area contributed by atoms with Crippen LogP contribution in [0.3, 0.4) is 0 Å². The standard InChI is InChI=1S/C25H21N3O4S/c29-25(20-9-6-10-21(16-20)32-18-19-8-7-15-26-17-19)27-23-13-4-5-14-24(23)28-33(30,31)22-11-2-1-3-12-22/h1-17,28H,18H2,(H,27,29). The van der Waals surface area contributed by atoms with Crippen LogP contribution < -0.4 is 14.8 Å². The van der Waals surface area contributed by atoms with E-state index in [4.69, 9.17) is 4.74 Å². The molecular formula is C25H21N3O4S. The molecular weight excluding hydrogens is 438 g/mol. The summed E-state index contributed by atoms with van der Waals surface area (Å²) in [4.78, 5) is 17.1. The fourth-order valence-electron chi connectivity index (χ4n) is 3.06. The van der Waals surface area contributed by atoms with Gasteiger partial charge in [0, 0.05) is 23.5 Å². The van der Waals surface area contributed by atoms with Gasteiger partial charge in [-0.1, -0.05) is 42.5 Å². The first-order valence-corrected chi connectivity index (χ1v) is 11.6. The minimum Gasteiger partial charge on any atom is -0.489 e. The Balaban J connectivity index is 1.48.